The van der Waals surface area contributed by atoms with Gasteiger partial charge in [0.15, 0.2) is 0 Å². The zero-order valence-corrected chi connectivity index (χ0v) is 13.4. The van der Waals surface area contributed by atoms with E-state index in [0.29, 0.717) is 22.9 Å². The Hall–Kier alpha value is -2.57. The molecule has 2 aromatic rings. The Bertz CT molecular complexity index is 771. The van der Waals surface area contributed by atoms with Gasteiger partial charge in [0.1, 0.15) is 13.7 Å². The third kappa shape index (κ3) is 2.50. The molecule has 1 aromatic heterocycles. The van der Waals surface area contributed by atoms with E-state index in [9.17, 15) is 0 Å². The molecule has 6 nitrogen and oxygen atoms in total. The average molecular weight is 318 g/mol. The van der Waals surface area contributed by atoms with Crippen LogP contribution in [0.2, 0.25) is 0 Å². The number of nitrogen functional groups attached to an aromatic ring is 1. The maximum Gasteiger partial charge on any atom is 0.225 e. The summed E-state index contributed by atoms with van der Waals surface area (Å²) >= 11 is 0. The number of aromatic nitrogens is 2. The van der Waals surface area contributed by atoms with Gasteiger partial charge in [-0.05, 0) is 25.0 Å². The maximum absolute atomic E-state index is 8.64. The number of piperazine rings is 1. The fourth-order valence-electron chi connectivity index (χ4n) is 3.42. The van der Waals surface area contributed by atoms with Gasteiger partial charge in [-0.15, -0.1) is 0 Å². The van der Waals surface area contributed by atoms with Gasteiger partial charge in [-0.2, -0.15) is 0 Å². The molecule has 24 heavy (non-hydrogen) atoms. The van der Waals surface area contributed by atoms with Gasteiger partial charge in [0, 0.05) is 43.3 Å². The van der Waals surface area contributed by atoms with Gasteiger partial charge < -0.3 is 15.5 Å². The summed E-state index contributed by atoms with van der Waals surface area (Å²) in [6.45, 7) is 2.37. The van der Waals surface area contributed by atoms with E-state index in [2.05, 4.69) is 19.8 Å². The van der Waals surface area contributed by atoms with Crippen molar-refractivity contribution in [3.05, 3.63) is 42.2 Å². The van der Waals surface area contributed by atoms with Gasteiger partial charge in [0.2, 0.25) is 5.95 Å². The van der Waals surface area contributed by atoms with Gasteiger partial charge in [0.05, 0.1) is 5.54 Å². The second kappa shape index (κ2) is 5.51. The van der Waals surface area contributed by atoms with Crippen LogP contribution in [0.4, 0.5) is 11.6 Å². The lowest BCUT2D eigenvalue weighted by Gasteiger charge is -2.43. The summed E-state index contributed by atoms with van der Waals surface area (Å²) in [5.74, 6) is 1.23. The van der Waals surface area contributed by atoms with E-state index in [-0.39, 0.29) is 5.54 Å². The second-order valence-electron chi connectivity index (χ2n) is 6.55. The predicted octanol–water partition coefficient (Wildman–Crippen LogP) is 0.533. The van der Waals surface area contributed by atoms with Crippen LogP contribution < -0.4 is 16.1 Å². The Kier molecular flexibility index (Phi) is 3.44. The van der Waals surface area contributed by atoms with Crippen LogP contribution in [0.25, 0.3) is 0 Å². The minimum absolute atomic E-state index is 0.00234. The minimum atomic E-state index is 0.00234. The number of rotatable bonds is 2. The molecule has 2 heterocycles. The molecule has 1 spiro atoms. The quantitative estimate of drug-likeness (QED) is 0.365. The number of hydrogen-bond acceptors (Lipinski definition) is 5. The molecule has 2 aliphatic rings. The van der Waals surface area contributed by atoms with Crippen molar-refractivity contribution in [2.45, 2.75) is 18.4 Å². The molecule has 4 rings (SSSR count). The van der Waals surface area contributed by atoms with Gasteiger partial charge in [-0.1, -0.05) is 17.6 Å². The molecule has 3 N–H and O–H groups in total. The molecule has 0 bridgehead atoms. The lowest BCUT2D eigenvalue weighted by atomic mass is 10.0. The molecule has 7 heteroatoms. The van der Waals surface area contributed by atoms with Crippen LogP contribution in [-0.2, 0) is 0 Å². The lowest BCUT2D eigenvalue weighted by molar-refractivity contribution is 0.257. The van der Waals surface area contributed by atoms with E-state index in [4.69, 9.17) is 19.0 Å². The zero-order chi connectivity index (χ0) is 16.7. The van der Waals surface area contributed by atoms with Crippen LogP contribution in [0.5, 0.6) is 0 Å². The highest BCUT2D eigenvalue weighted by molar-refractivity contribution is 6.31. The van der Waals surface area contributed by atoms with Gasteiger partial charge in [0.25, 0.3) is 0 Å². The van der Waals surface area contributed by atoms with Crippen molar-refractivity contribution in [2.24, 2.45) is 0 Å². The molecular formula is C17H19BN6. The SMILES string of the molecule is [B]c1cnc(N2CCN(C(=N)c3ccccc3N)C3(CC3)C2)nc1. The standard InChI is InChI=1S/C17H19BN6/c18-12-9-21-16(22-10-12)23-7-8-24(17(11-23)5-6-17)15(20)13-3-1-2-4-14(13)19/h1-4,9-10,20H,5-8,11,19H2. The van der Waals surface area contributed by atoms with Crippen LogP contribution in [0.1, 0.15) is 18.4 Å². The number of nitrogens with one attached hydrogen (secondary N) is 1. The van der Waals surface area contributed by atoms with Crippen LogP contribution in [0.3, 0.4) is 0 Å². The molecule has 1 saturated heterocycles. The van der Waals surface area contributed by atoms with E-state index >= 15 is 0 Å². The summed E-state index contributed by atoms with van der Waals surface area (Å²) in [5, 5.41) is 8.64. The van der Waals surface area contributed by atoms with Crippen LogP contribution >= 0.6 is 0 Å². The Morgan fingerprint density at radius 3 is 2.54 bits per heavy atom. The third-order valence-electron chi connectivity index (χ3n) is 4.91. The molecule has 120 valence electrons. The summed E-state index contributed by atoms with van der Waals surface area (Å²) in [7, 11) is 5.67. The fourth-order valence-corrected chi connectivity index (χ4v) is 3.42. The zero-order valence-electron chi connectivity index (χ0n) is 13.4. The molecule has 0 amide bonds. The molecule has 0 atom stereocenters. The first-order valence-corrected chi connectivity index (χ1v) is 8.13. The average Bonchev–Trinajstić information content (AvgIpc) is 3.35. The first-order chi connectivity index (χ1) is 11.6. The highest BCUT2D eigenvalue weighted by Crippen LogP contribution is 2.45. The van der Waals surface area contributed by atoms with E-state index in [1.807, 2.05) is 24.3 Å². The predicted molar refractivity (Wildman–Crippen MR) is 96.0 cm³/mol. The van der Waals surface area contributed by atoms with E-state index in [1.54, 1.807) is 12.4 Å². The number of anilines is 2. The van der Waals surface area contributed by atoms with Gasteiger partial charge in [-0.25, -0.2) is 9.97 Å². The van der Waals surface area contributed by atoms with E-state index < -0.39 is 0 Å². The topological polar surface area (TPSA) is 82.1 Å². The molecule has 1 aromatic carbocycles. The third-order valence-corrected chi connectivity index (χ3v) is 4.91. The van der Waals surface area contributed by atoms with Crippen molar-refractivity contribution in [1.29, 1.82) is 5.41 Å². The summed E-state index contributed by atoms with van der Waals surface area (Å²) in [4.78, 5) is 13.1. The number of amidine groups is 1. The normalized spacial score (nSPS) is 18.7. The Balaban J connectivity index is 1.55. The molecular weight excluding hydrogens is 299 g/mol. The Morgan fingerprint density at radius 1 is 1.17 bits per heavy atom. The number of nitrogens with two attached hydrogens (primary N) is 1. The lowest BCUT2D eigenvalue weighted by Crippen LogP contribution is -2.57. The second-order valence-corrected chi connectivity index (χ2v) is 6.55. The van der Waals surface area contributed by atoms with Crippen molar-refractivity contribution in [3.63, 3.8) is 0 Å². The molecule has 2 fully saturated rings. The molecule has 0 unspecified atom stereocenters. The minimum Gasteiger partial charge on any atom is -0.398 e. The van der Waals surface area contributed by atoms with Crippen molar-refractivity contribution < 1.29 is 0 Å². The maximum atomic E-state index is 8.64. The van der Waals surface area contributed by atoms with Crippen LogP contribution in [0.15, 0.2) is 36.7 Å². The number of para-hydroxylation sites is 1. The molecule has 2 radical (unpaired) electrons. The van der Waals surface area contributed by atoms with E-state index in [1.165, 1.54) is 0 Å². The highest BCUT2D eigenvalue weighted by atomic mass is 15.4. The summed E-state index contributed by atoms with van der Waals surface area (Å²) in [6, 6.07) is 7.60. The Labute approximate surface area is 142 Å². The Morgan fingerprint density at radius 2 is 1.88 bits per heavy atom. The summed E-state index contributed by atoms with van der Waals surface area (Å²) in [6.07, 6.45) is 5.43. The largest absolute Gasteiger partial charge is 0.398 e. The van der Waals surface area contributed by atoms with E-state index in [0.717, 1.165) is 38.0 Å². The van der Waals surface area contributed by atoms with Crippen molar-refractivity contribution >= 4 is 30.8 Å². The van der Waals surface area contributed by atoms with Crippen LogP contribution in [-0.4, -0.2) is 53.7 Å². The number of hydrogen-bond donors (Lipinski definition) is 2. The van der Waals surface area contributed by atoms with Gasteiger partial charge >= 0.3 is 0 Å². The first-order valence-electron chi connectivity index (χ1n) is 8.13. The van der Waals surface area contributed by atoms with Crippen molar-refractivity contribution in [2.75, 3.05) is 30.3 Å². The van der Waals surface area contributed by atoms with Crippen molar-refractivity contribution in [3.8, 4) is 0 Å². The molecule has 1 saturated carbocycles. The first kappa shape index (κ1) is 15.0. The molecule has 1 aliphatic carbocycles. The number of benzene rings is 1. The summed E-state index contributed by atoms with van der Waals surface area (Å²) in [5.41, 5.74) is 8.09. The van der Waals surface area contributed by atoms with Crippen molar-refractivity contribution in [1.82, 2.24) is 14.9 Å². The van der Waals surface area contributed by atoms with Crippen LogP contribution in [0, 0.1) is 5.41 Å². The smallest absolute Gasteiger partial charge is 0.225 e. The molecule has 1 aliphatic heterocycles. The van der Waals surface area contributed by atoms with Gasteiger partial charge in [-0.3, -0.25) is 5.41 Å². The highest BCUT2D eigenvalue weighted by Gasteiger charge is 2.52. The summed E-state index contributed by atoms with van der Waals surface area (Å²) < 4.78 is 0. The monoisotopic (exact) mass is 318 g/mol. The fraction of sp³-hybridized carbons (Fsp3) is 0.353. The number of nitrogens with zero attached hydrogens (tertiary/aromatic N) is 4.